The van der Waals surface area contributed by atoms with Crippen LogP contribution in [-0.4, -0.2) is 11.5 Å². The monoisotopic (exact) mass is 310 g/mol. The zero-order valence-corrected chi connectivity index (χ0v) is 12.7. The summed E-state index contributed by atoms with van der Waals surface area (Å²) in [5.41, 5.74) is 0.943. The largest absolute Gasteiger partial charge is 0.305 e. The summed E-state index contributed by atoms with van der Waals surface area (Å²) < 4.78 is 28.5. The van der Waals surface area contributed by atoms with Gasteiger partial charge in [-0.3, -0.25) is 4.98 Å². The molecular formula is C16H17ClF2N2. The van der Waals surface area contributed by atoms with Crippen molar-refractivity contribution in [3.63, 3.8) is 0 Å². The summed E-state index contributed by atoms with van der Waals surface area (Å²) >= 11 is 5.82. The van der Waals surface area contributed by atoms with Gasteiger partial charge in [0.15, 0.2) is 0 Å². The Morgan fingerprint density at radius 2 is 2.00 bits per heavy atom. The van der Waals surface area contributed by atoms with Gasteiger partial charge in [-0.2, -0.15) is 0 Å². The van der Waals surface area contributed by atoms with Crippen LogP contribution in [0.2, 0.25) is 5.02 Å². The number of rotatable bonds is 5. The van der Waals surface area contributed by atoms with E-state index in [-0.39, 0.29) is 5.56 Å². The number of nitrogens with one attached hydrogen (secondary N) is 1. The Bertz CT molecular complexity index is 614. The maximum absolute atomic E-state index is 14.4. The predicted molar refractivity (Wildman–Crippen MR) is 80.5 cm³/mol. The van der Waals surface area contributed by atoms with Gasteiger partial charge in [0, 0.05) is 11.8 Å². The summed E-state index contributed by atoms with van der Waals surface area (Å²) in [6.07, 6.45) is 2.32. The summed E-state index contributed by atoms with van der Waals surface area (Å²) in [4.78, 5) is 4.19. The molecule has 21 heavy (non-hydrogen) atoms. The highest BCUT2D eigenvalue weighted by Gasteiger charge is 2.23. The molecule has 0 aliphatic heterocycles. The van der Waals surface area contributed by atoms with Crippen molar-refractivity contribution in [1.29, 1.82) is 0 Å². The Kier molecular flexibility index (Phi) is 5.26. The lowest BCUT2D eigenvalue weighted by Crippen LogP contribution is -2.26. The van der Waals surface area contributed by atoms with Gasteiger partial charge in [-0.15, -0.1) is 0 Å². The lowest BCUT2D eigenvalue weighted by Gasteiger charge is -2.20. The van der Waals surface area contributed by atoms with Crippen molar-refractivity contribution in [2.24, 2.45) is 0 Å². The Morgan fingerprint density at radius 3 is 2.62 bits per heavy atom. The number of aromatic nitrogens is 1. The molecule has 1 atom stereocenters. The maximum Gasteiger partial charge on any atom is 0.134 e. The van der Waals surface area contributed by atoms with Gasteiger partial charge in [-0.1, -0.05) is 24.6 Å². The molecule has 5 heteroatoms. The van der Waals surface area contributed by atoms with E-state index in [0.29, 0.717) is 22.8 Å². The molecule has 0 aliphatic rings. The fourth-order valence-electron chi connectivity index (χ4n) is 2.14. The van der Waals surface area contributed by atoms with Gasteiger partial charge in [0.25, 0.3) is 0 Å². The molecule has 0 bridgehead atoms. The number of benzene rings is 1. The standard InChI is InChI=1S/C16H17ClF2N2/c1-3-8-20-16(13-7-5-11(17)9-21-13)14-12(18)6-4-10(2)15(14)19/h4-7,9,16,20H,3,8H2,1-2H3. The van der Waals surface area contributed by atoms with Crippen molar-refractivity contribution in [2.45, 2.75) is 26.3 Å². The average Bonchev–Trinajstić information content (AvgIpc) is 2.48. The van der Waals surface area contributed by atoms with Crippen LogP contribution in [0.4, 0.5) is 8.78 Å². The van der Waals surface area contributed by atoms with Gasteiger partial charge in [0.05, 0.1) is 16.8 Å². The van der Waals surface area contributed by atoms with Crippen LogP contribution in [0.15, 0.2) is 30.5 Å². The number of hydrogen-bond acceptors (Lipinski definition) is 2. The van der Waals surface area contributed by atoms with Crippen LogP contribution in [0, 0.1) is 18.6 Å². The zero-order valence-electron chi connectivity index (χ0n) is 12.0. The normalized spacial score (nSPS) is 12.4. The summed E-state index contributed by atoms with van der Waals surface area (Å²) in [7, 11) is 0. The number of nitrogens with zero attached hydrogens (tertiary/aromatic N) is 1. The molecule has 2 rings (SSSR count). The van der Waals surface area contributed by atoms with E-state index in [9.17, 15) is 8.78 Å². The van der Waals surface area contributed by atoms with Crippen molar-refractivity contribution < 1.29 is 8.78 Å². The van der Waals surface area contributed by atoms with Crippen LogP contribution < -0.4 is 5.32 Å². The SMILES string of the molecule is CCCNC(c1ccc(Cl)cn1)c1c(F)ccc(C)c1F. The first-order valence-electron chi connectivity index (χ1n) is 6.84. The molecule has 0 aliphatic carbocycles. The summed E-state index contributed by atoms with van der Waals surface area (Å²) in [6, 6.07) is 5.42. The van der Waals surface area contributed by atoms with Crippen molar-refractivity contribution >= 4 is 11.6 Å². The van der Waals surface area contributed by atoms with Gasteiger partial charge >= 0.3 is 0 Å². The Morgan fingerprint density at radius 1 is 1.24 bits per heavy atom. The number of pyridine rings is 1. The Hall–Kier alpha value is -1.52. The molecule has 112 valence electrons. The summed E-state index contributed by atoms with van der Waals surface area (Å²) in [5, 5.41) is 3.63. The van der Waals surface area contributed by atoms with Gasteiger partial charge in [-0.05, 0) is 43.7 Å². The van der Waals surface area contributed by atoms with E-state index in [2.05, 4.69) is 10.3 Å². The highest BCUT2D eigenvalue weighted by molar-refractivity contribution is 6.30. The number of halogens is 3. The van der Waals surface area contributed by atoms with E-state index in [4.69, 9.17) is 11.6 Å². The Labute approximate surface area is 128 Å². The second-order valence-corrected chi connectivity index (χ2v) is 5.32. The molecule has 1 unspecified atom stereocenters. The van der Waals surface area contributed by atoms with E-state index in [1.54, 1.807) is 19.1 Å². The molecule has 0 radical (unpaired) electrons. The van der Waals surface area contributed by atoms with E-state index in [1.165, 1.54) is 18.3 Å². The molecular weight excluding hydrogens is 294 g/mol. The van der Waals surface area contributed by atoms with Crippen LogP contribution in [-0.2, 0) is 0 Å². The minimum Gasteiger partial charge on any atom is -0.305 e. The highest BCUT2D eigenvalue weighted by atomic mass is 35.5. The van der Waals surface area contributed by atoms with Crippen LogP contribution in [0.5, 0.6) is 0 Å². The molecule has 1 N–H and O–H groups in total. The average molecular weight is 311 g/mol. The molecule has 0 amide bonds. The second-order valence-electron chi connectivity index (χ2n) is 4.88. The minimum atomic E-state index is -0.637. The second kappa shape index (κ2) is 6.96. The van der Waals surface area contributed by atoms with Crippen molar-refractivity contribution in [3.8, 4) is 0 Å². The third-order valence-corrected chi connectivity index (χ3v) is 3.48. The van der Waals surface area contributed by atoms with Crippen molar-refractivity contribution in [1.82, 2.24) is 10.3 Å². The number of hydrogen-bond donors (Lipinski definition) is 1. The Balaban J connectivity index is 2.50. The first-order chi connectivity index (χ1) is 10.0. The molecule has 0 saturated carbocycles. The fourth-order valence-corrected chi connectivity index (χ4v) is 2.26. The van der Waals surface area contributed by atoms with Crippen LogP contribution in [0.1, 0.15) is 36.2 Å². The third kappa shape index (κ3) is 3.57. The fraction of sp³-hybridized carbons (Fsp3) is 0.312. The van der Waals surface area contributed by atoms with Gasteiger partial charge in [0.1, 0.15) is 11.6 Å². The van der Waals surface area contributed by atoms with E-state index in [0.717, 1.165) is 6.42 Å². The molecule has 0 spiro atoms. The van der Waals surface area contributed by atoms with Crippen LogP contribution >= 0.6 is 11.6 Å². The number of aryl methyl sites for hydroxylation is 1. The molecule has 1 aromatic carbocycles. The molecule has 2 nitrogen and oxygen atoms in total. The molecule has 0 fully saturated rings. The summed E-state index contributed by atoms with van der Waals surface area (Å²) in [5.74, 6) is -1.12. The van der Waals surface area contributed by atoms with Crippen molar-refractivity contribution in [2.75, 3.05) is 6.54 Å². The third-order valence-electron chi connectivity index (χ3n) is 3.25. The van der Waals surface area contributed by atoms with Gasteiger partial charge < -0.3 is 5.32 Å². The topological polar surface area (TPSA) is 24.9 Å². The highest BCUT2D eigenvalue weighted by Crippen LogP contribution is 2.28. The zero-order chi connectivity index (χ0) is 15.4. The summed E-state index contributed by atoms with van der Waals surface area (Å²) in [6.45, 7) is 4.23. The van der Waals surface area contributed by atoms with Gasteiger partial charge in [-0.25, -0.2) is 8.78 Å². The van der Waals surface area contributed by atoms with E-state index >= 15 is 0 Å². The quantitative estimate of drug-likeness (QED) is 0.885. The lowest BCUT2D eigenvalue weighted by molar-refractivity contribution is 0.494. The first kappa shape index (κ1) is 15.9. The lowest BCUT2D eigenvalue weighted by atomic mass is 9.99. The van der Waals surface area contributed by atoms with Gasteiger partial charge in [0.2, 0.25) is 0 Å². The molecule has 2 aromatic rings. The molecule has 1 heterocycles. The maximum atomic E-state index is 14.4. The smallest absolute Gasteiger partial charge is 0.134 e. The first-order valence-corrected chi connectivity index (χ1v) is 7.21. The van der Waals surface area contributed by atoms with E-state index < -0.39 is 17.7 Å². The van der Waals surface area contributed by atoms with Crippen LogP contribution in [0.3, 0.4) is 0 Å². The minimum absolute atomic E-state index is 0.00160. The van der Waals surface area contributed by atoms with Crippen LogP contribution in [0.25, 0.3) is 0 Å². The molecule has 1 aromatic heterocycles. The molecule has 0 saturated heterocycles. The predicted octanol–water partition coefficient (Wildman–Crippen LogP) is 4.41. The van der Waals surface area contributed by atoms with Crippen molar-refractivity contribution in [3.05, 3.63) is 63.9 Å². The van der Waals surface area contributed by atoms with E-state index in [1.807, 2.05) is 6.92 Å².